The second-order valence-corrected chi connectivity index (χ2v) is 10.7. The Hall–Kier alpha value is -4.12. The number of benzene rings is 2. The topological polar surface area (TPSA) is 121 Å². The molecule has 6 rings (SSSR count). The van der Waals surface area contributed by atoms with Gasteiger partial charge >= 0.3 is 0 Å². The Morgan fingerprint density at radius 3 is 2.65 bits per heavy atom. The summed E-state index contributed by atoms with van der Waals surface area (Å²) in [5.41, 5.74) is 3.29. The standard InChI is InChI=1S/C29H31FN6O4/c1-17-33-34-28(40-17)19-9-11-35(12-10-19)15-18-5-6-20(22(30)13-18)14-31-23-4-2-3-21-16-36(29(39)26(21)23)24-7-8-25(37)32-27(24)38/h2-6,13,19,24,31H,7-12,14-16H2,1H3,(H,32,37,38). The van der Waals surface area contributed by atoms with E-state index in [4.69, 9.17) is 4.42 Å². The van der Waals surface area contributed by atoms with Crippen molar-refractivity contribution in [2.45, 2.75) is 64.2 Å². The molecular formula is C29H31FN6O4. The lowest BCUT2D eigenvalue weighted by atomic mass is 9.96. The molecule has 0 bridgehead atoms. The third kappa shape index (κ3) is 5.21. The Bertz CT molecular complexity index is 1460. The smallest absolute Gasteiger partial charge is 0.257 e. The van der Waals surface area contributed by atoms with Gasteiger partial charge < -0.3 is 14.6 Å². The van der Waals surface area contributed by atoms with E-state index in [1.54, 1.807) is 25.1 Å². The van der Waals surface area contributed by atoms with Gasteiger partial charge in [0, 0.05) is 50.1 Å². The van der Waals surface area contributed by atoms with Crippen LogP contribution in [0.15, 0.2) is 40.8 Å². The molecule has 40 heavy (non-hydrogen) atoms. The largest absolute Gasteiger partial charge is 0.425 e. The molecule has 2 fully saturated rings. The molecule has 0 spiro atoms. The molecule has 3 aromatic rings. The van der Waals surface area contributed by atoms with E-state index in [-0.39, 0.29) is 36.5 Å². The van der Waals surface area contributed by atoms with Crippen molar-refractivity contribution in [1.29, 1.82) is 0 Å². The van der Waals surface area contributed by atoms with Crippen LogP contribution in [0, 0.1) is 12.7 Å². The minimum absolute atomic E-state index is 0.203. The van der Waals surface area contributed by atoms with Crippen LogP contribution in [-0.2, 0) is 29.2 Å². The van der Waals surface area contributed by atoms with E-state index in [2.05, 4.69) is 25.7 Å². The molecule has 2 aromatic carbocycles. The first kappa shape index (κ1) is 26.1. The van der Waals surface area contributed by atoms with E-state index >= 15 is 4.39 Å². The molecule has 3 aliphatic heterocycles. The Labute approximate surface area is 230 Å². The highest BCUT2D eigenvalue weighted by molar-refractivity contribution is 6.07. The van der Waals surface area contributed by atoms with Gasteiger partial charge in [-0.1, -0.05) is 24.3 Å². The van der Waals surface area contributed by atoms with Crippen LogP contribution in [0.4, 0.5) is 10.1 Å². The molecule has 4 heterocycles. The number of anilines is 1. The maximum atomic E-state index is 15.1. The minimum atomic E-state index is -0.677. The summed E-state index contributed by atoms with van der Waals surface area (Å²) in [5.74, 6) is 0.229. The molecule has 3 amide bonds. The molecule has 1 aromatic heterocycles. The normalized spacial score (nSPS) is 20.1. The lowest BCUT2D eigenvalue weighted by Gasteiger charge is -2.30. The van der Waals surface area contributed by atoms with Gasteiger partial charge in [-0.15, -0.1) is 10.2 Å². The number of hydrogen-bond acceptors (Lipinski definition) is 8. The number of carbonyl (C=O) groups is 3. The average Bonchev–Trinajstić information content (AvgIpc) is 3.52. The number of rotatable bonds is 7. The van der Waals surface area contributed by atoms with E-state index in [1.165, 1.54) is 4.90 Å². The van der Waals surface area contributed by atoms with Crippen molar-refractivity contribution in [1.82, 2.24) is 25.3 Å². The average molecular weight is 547 g/mol. The number of nitrogens with one attached hydrogen (secondary N) is 2. The number of hydrogen-bond donors (Lipinski definition) is 2. The zero-order valence-corrected chi connectivity index (χ0v) is 22.3. The number of carbonyl (C=O) groups excluding carboxylic acids is 3. The molecule has 1 atom stereocenters. The van der Waals surface area contributed by atoms with E-state index in [0.29, 0.717) is 48.1 Å². The van der Waals surface area contributed by atoms with Crippen LogP contribution in [0.1, 0.15) is 70.4 Å². The fourth-order valence-electron chi connectivity index (χ4n) is 5.86. The molecule has 208 valence electrons. The molecule has 0 aliphatic carbocycles. The number of aromatic nitrogens is 2. The van der Waals surface area contributed by atoms with E-state index in [9.17, 15) is 14.4 Å². The van der Waals surface area contributed by atoms with Crippen molar-refractivity contribution in [3.63, 3.8) is 0 Å². The van der Waals surface area contributed by atoms with Crippen LogP contribution in [0.5, 0.6) is 0 Å². The predicted molar refractivity (Wildman–Crippen MR) is 143 cm³/mol. The van der Waals surface area contributed by atoms with Gasteiger partial charge in [-0.25, -0.2) is 4.39 Å². The van der Waals surface area contributed by atoms with Crippen molar-refractivity contribution in [2.24, 2.45) is 0 Å². The van der Waals surface area contributed by atoms with Crippen molar-refractivity contribution >= 4 is 23.4 Å². The lowest BCUT2D eigenvalue weighted by molar-refractivity contribution is -0.136. The maximum absolute atomic E-state index is 15.1. The second-order valence-electron chi connectivity index (χ2n) is 10.7. The third-order valence-corrected chi connectivity index (χ3v) is 8.02. The highest BCUT2D eigenvalue weighted by Gasteiger charge is 2.40. The predicted octanol–water partition coefficient (Wildman–Crippen LogP) is 3.27. The first-order valence-electron chi connectivity index (χ1n) is 13.7. The van der Waals surface area contributed by atoms with Crippen molar-refractivity contribution in [3.8, 4) is 0 Å². The Balaban J connectivity index is 1.06. The van der Waals surface area contributed by atoms with Gasteiger partial charge in [0.15, 0.2) is 0 Å². The van der Waals surface area contributed by atoms with Crippen LogP contribution in [0.3, 0.4) is 0 Å². The summed E-state index contributed by atoms with van der Waals surface area (Å²) in [4.78, 5) is 41.0. The fourth-order valence-corrected chi connectivity index (χ4v) is 5.86. The van der Waals surface area contributed by atoms with Gasteiger partial charge in [0.2, 0.25) is 23.6 Å². The number of aryl methyl sites for hydroxylation is 1. The Kier molecular flexibility index (Phi) is 7.05. The van der Waals surface area contributed by atoms with Crippen LogP contribution < -0.4 is 10.6 Å². The van der Waals surface area contributed by atoms with E-state index < -0.39 is 11.9 Å². The van der Waals surface area contributed by atoms with Gasteiger partial charge in [0.25, 0.3) is 5.91 Å². The number of imide groups is 1. The van der Waals surface area contributed by atoms with Gasteiger partial charge in [-0.05, 0) is 55.6 Å². The second kappa shape index (κ2) is 10.8. The molecular weight excluding hydrogens is 515 g/mol. The molecule has 11 heteroatoms. The van der Waals surface area contributed by atoms with Crippen LogP contribution in [0.25, 0.3) is 0 Å². The number of amides is 3. The number of piperidine rings is 2. The summed E-state index contributed by atoms with van der Waals surface area (Å²) in [6.45, 7) is 4.72. The fraction of sp³-hybridized carbons (Fsp3) is 0.414. The summed E-state index contributed by atoms with van der Waals surface area (Å²) in [5, 5.41) is 13.6. The Morgan fingerprint density at radius 1 is 1.10 bits per heavy atom. The first-order chi connectivity index (χ1) is 19.4. The van der Waals surface area contributed by atoms with Crippen molar-refractivity contribution in [2.75, 3.05) is 18.4 Å². The zero-order chi connectivity index (χ0) is 27.8. The minimum Gasteiger partial charge on any atom is -0.425 e. The molecule has 1 unspecified atom stereocenters. The maximum Gasteiger partial charge on any atom is 0.257 e. The lowest BCUT2D eigenvalue weighted by Crippen LogP contribution is -2.52. The molecule has 2 N–H and O–H groups in total. The Morgan fingerprint density at radius 2 is 1.93 bits per heavy atom. The third-order valence-electron chi connectivity index (χ3n) is 8.02. The summed E-state index contributed by atoms with van der Waals surface area (Å²) in [6, 6.07) is 10.1. The summed E-state index contributed by atoms with van der Waals surface area (Å²) in [7, 11) is 0. The highest BCUT2D eigenvalue weighted by atomic mass is 19.1. The molecule has 2 saturated heterocycles. The monoisotopic (exact) mass is 546 g/mol. The van der Waals surface area contributed by atoms with Crippen LogP contribution >= 0.6 is 0 Å². The summed E-state index contributed by atoms with van der Waals surface area (Å²) >= 11 is 0. The zero-order valence-electron chi connectivity index (χ0n) is 22.3. The van der Waals surface area contributed by atoms with Crippen molar-refractivity contribution in [3.05, 3.63) is 76.3 Å². The quantitative estimate of drug-likeness (QED) is 0.434. The molecule has 0 saturated carbocycles. The molecule has 0 radical (unpaired) electrons. The van der Waals surface area contributed by atoms with Crippen molar-refractivity contribution < 1.29 is 23.2 Å². The molecule has 10 nitrogen and oxygen atoms in total. The summed E-state index contributed by atoms with van der Waals surface area (Å²) in [6.07, 6.45) is 2.36. The number of halogens is 1. The molecule has 3 aliphatic rings. The van der Waals surface area contributed by atoms with E-state index in [1.807, 2.05) is 18.2 Å². The number of nitrogens with zero attached hydrogens (tertiary/aromatic N) is 4. The SMILES string of the molecule is Cc1nnc(C2CCN(Cc3ccc(CNc4cccc5c4C(=O)N(C4CCC(=O)NC4=O)C5)c(F)c3)CC2)o1. The van der Waals surface area contributed by atoms with Gasteiger partial charge in [0.05, 0.1) is 5.56 Å². The highest BCUT2D eigenvalue weighted by Crippen LogP contribution is 2.33. The van der Waals surface area contributed by atoms with E-state index in [0.717, 1.165) is 37.1 Å². The van der Waals surface area contributed by atoms with Crippen LogP contribution in [0.2, 0.25) is 0 Å². The first-order valence-corrected chi connectivity index (χ1v) is 13.7. The van der Waals surface area contributed by atoms with Gasteiger partial charge in [-0.2, -0.15) is 0 Å². The van der Waals surface area contributed by atoms with Crippen LogP contribution in [-0.4, -0.2) is 56.9 Å². The summed E-state index contributed by atoms with van der Waals surface area (Å²) < 4.78 is 20.7. The van der Waals surface area contributed by atoms with Gasteiger partial charge in [0.1, 0.15) is 11.9 Å². The number of likely N-dealkylation sites (tertiary alicyclic amines) is 1. The van der Waals surface area contributed by atoms with Gasteiger partial charge in [-0.3, -0.25) is 24.6 Å². The number of fused-ring (bicyclic) bond motifs is 1.